The third kappa shape index (κ3) is 4.69. The fraction of sp³-hybridized carbons (Fsp3) is 0.462. The van der Waals surface area contributed by atoms with Gasteiger partial charge in [0, 0.05) is 55.7 Å². The van der Waals surface area contributed by atoms with Crippen molar-refractivity contribution in [1.29, 1.82) is 10.5 Å². The molecule has 4 aromatic rings. The summed E-state index contributed by atoms with van der Waals surface area (Å²) in [6, 6.07) is 7.90. The highest BCUT2D eigenvalue weighted by atomic mass is 32.2. The molecule has 0 amide bonds. The molecule has 43 heavy (non-hydrogen) atoms. The van der Waals surface area contributed by atoms with Crippen molar-refractivity contribution in [2.75, 3.05) is 37.7 Å². The first kappa shape index (κ1) is 28.9. The van der Waals surface area contributed by atoms with E-state index < -0.39 is 31.1 Å². The van der Waals surface area contributed by atoms with Gasteiger partial charge < -0.3 is 4.98 Å². The van der Waals surface area contributed by atoms with E-state index in [2.05, 4.69) is 32.3 Å². The molecule has 15 nitrogen and oxygen atoms in total. The summed E-state index contributed by atoms with van der Waals surface area (Å²) in [5.74, 6) is 0.284. The van der Waals surface area contributed by atoms with Crippen molar-refractivity contribution in [2.24, 2.45) is 0 Å². The number of hydrogen-bond acceptors (Lipinski definition) is 10. The highest BCUT2D eigenvalue weighted by Gasteiger charge is 2.51. The second-order valence-corrected chi connectivity index (χ2v) is 15.4. The molecule has 6 heterocycles. The molecule has 17 heteroatoms. The molecule has 0 saturated carbocycles. The maximum absolute atomic E-state index is 12.4. The third-order valence-electron chi connectivity index (χ3n) is 8.28. The molecule has 6 rings (SSSR count). The van der Waals surface area contributed by atoms with Crippen LogP contribution >= 0.6 is 0 Å². The maximum atomic E-state index is 12.4. The van der Waals surface area contributed by atoms with E-state index in [9.17, 15) is 27.4 Å². The minimum atomic E-state index is -3.38. The highest BCUT2D eigenvalue weighted by Crippen LogP contribution is 2.37. The largest absolute Gasteiger partial charge is 0.346 e. The highest BCUT2D eigenvalue weighted by molar-refractivity contribution is 7.89. The van der Waals surface area contributed by atoms with Gasteiger partial charge in [0.05, 0.1) is 48.4 Å². The summed E-state index contributed by atoms with van der Waals surface area (Å²) in [6.45, 7) is 3.80. The van der Waals surface area contributed by atoms with E-state index in [-0.39, 0.29) is 50.5 Å². The average molecular weight is 624 g/mol. The van der Waals surface area contributed by atoms with Crippen LogP contribution in [0, 0.1) is 22.7 Å². The van der Waals surface area contributed by atoms with Gasteiger partial charge >= 0.3 is 0 Å². The number of hydrogen-bond donors (Lipinski definition) is 1. The summed E-state index contributed by atoms with van der Waals surface area (Å²) in [5.41, 5.74) is 0.669. The van der Waals surface area contributed by atoms with Gasteiger partial charge in [0.25, 0.3) is 0 Å². The average Bonchev–Trinajstić information content (AvgIpc) is 3.72. The molecule has 1 N–H and O–H groups in total. The molecule has 0 aromatic carbocycles. The van der Waals surface area contributed by atoms with Gasteiger partial charge in [0.15, 0.2) is 5.82 Å². The molecule has 2 aliphatic rings. The Balaban J connectivity index is 1.33. The van der Waals surface area contributed by atoms with Crippen LogP contribution in [0.3, 0.4) is 0 Å². The van der Waals surface area contributed by atoms with Crippen LogP contribution < -0.4 is 0 Å². The number of rotatable bonds is 10. The van der Waals surface area contributed by atoms with E-state index in [1.165, 1.54) is 8.61 Å². The number of aromatic amines is 1. The van der Waals surface area contributed by atoms with Crippen LogP contribution in [0.2, 0.25) is 0 Å². The molecule has 0 unspecified atom stereocenters. The second kappa shape index (κ2) is 10.2. The Hall–Kier alpha value is -4.16. The number of sulfonamides is 2. The van der Waals surface area contributed by atoms with Gasteiger partial charge in [-0.25, -0.2) is 26.8 Å². The zero-order valence-electron chi connectivity index (χ0n) is 23.5. The first-order valence-electron chi connectivity index (χ1n) is 13.7. The fourth-order valence-electron chi connectivity index (χ4n) is 5.64. The zero-order chi connectivity index (χ0) is 30.6. The van der Waals surface area contributed by atoms with Crippen molar-refractivity contribution in [2.45, 2.75) is 37.8 Å². The van der Waals surface area contributed by atoms with Crippen molar-refractivity contribution in [1.82, 2.24) is 43.1 Å². The van der Waals surface area contributed by atoms with Crippen LogP contribution in [-0.2, 0) is 31.1 Å². The van der Waals surface area contributed by atoms with Gasteiger partial charge in [-0.15, -0.1) is 0 Å². The summed E-state index contributed by atoms with van der Waals surface area (Å²) in [7, 11) is -6.77. The van der Waals surface area contributed by atoms with Crippen LogP contribution in [0.1, 0.15) is 26.7 Å². The molecule has 0 bridgehead atoms. The lowest BCUT2D eigenvalue weighted by Gasteiger charge is -2.47. The predicted molar refractivity (Wildman–Crippen MR) is 155 cm³/mol. The van der Waals surface area contributed by atoms with Crippen molar-refractivity contribution in [3.05, 3.63) is 36.9 Å². The molecule has 0 spiro atoms. The van der Waals surface area contributed by atoms with Crippen molar-refractivity contribution in [3.8, 4) is 34.9 Å². The standard InChI is InChI=1S/C26H29N11O4S2/c1-3-42(38,39)34-15-25(16-34,7-9-27)36-12-6-21(33-36)24-31-22(20-5-11-29-23(20)32-24)19-13-30-37(14-19)26(8-10-28)17-35(18-26)43(40,41)4-2/h5-6,11-14H,3-4,7-8,15-18H2,1-2H3,(H,29,31,32). The molecule has 2 saturated heterocycles. The van der Waals surface area contributed by atoms with Crippen LogP contribution in [0.25, 0.3) is 33.8 Å². The maximum Gasteiger partial charge on any atom is 0.213 e. The Morgan fingerprint density at radius 2 is 1.51 bits per heavy atom. The molecule has 0 aliphatic carbocycles. The summed E-state index contributed by atoms with van der Waals surface area (Å²) in [6.07, 6.45) is 7.03. The van der Waals surface area contributed by atoms with Gasteiger partial charge in [0.1, 0.15) is 22.4 Å². The van der Waals surface area contributed by atoms with E-state index in [0.717, 1.165) is 5.39 Å². The number of nitriles is 2. The van der Waals surface area contributed by atoms with Crippen molar-refractivity contribution >= 4 is 31.1 Å². The van der Waals surface area contributed by atoms with Crippen LogP contribution in [0.5, 0.6) is 0 Å². The lowest BCUT2D eigenvalue weighted by atomic mass is 9.89. The van der Waals surface area contributed by atoms with Gasteiger partial charge in [-0.2, -0.15) is 29.3 Å². The Morgan fingerprint density at radius 3 is 2.09 bits per heavy atom. The first-order chi connectivity index (χ1) is 20.5. The van der Waals surface area contributed by atoms with E-state index in [4.69, 9.17) is 4.98 Å². The predicted octanol–water partition coefficient (Wildman–Crippen LogP) is 1.23. The third-order valence-corrected chi connectivity index (χ3v) is 11.8. The zero-order valence-corrected chi connectivity index (χ0v) is 25.2. The molecule has 4 aromatic heterocycles. The van der Waals surface area contributed by atoms with Crippen molar-refractivity contribution in [3.63, 3.8) is 0 Å². The smallest absolute Gasteiger partial charge is 0.213 e. The lowest BCUT2D eigenvalue weighted by molar-refractivity contribution is 0.0719. The quantitative estimate of drug-likeness (QED) is 0.268. The topological polar surface area (TPSA) is 200 Å². The second-order valence-electron chi connectivity index (χ2n) is 10.9. The fourth-order valence-corrected chi connectivity index (χ4v) is 8.11. The Bertz CT molecular complexity index is 2000. The molecular formula is C26H29N11O4S2. The number of fused-ring (bicyclic) bond motifs is 1. The van der Waals surface area contributed by atoms with E-state index in [1.807, 2.05) is 6.07 Å². The SMILES string of the molecule is CCS(=O)(=O)N1CC(CC#N)(n2cc(-c3nc(-c4ccn(C5(CC#N)CN(S(=O)(=O)CC)C5)n4)nc4[nH]ccc34)cn2)C1. The van der Waals surface area contributed by atoms with E-state index >= 15 is 0 Å². The van der Waals surface area contributed by atoms with Crippen molar-refractivity contribution < 1.29 is 16.8 Å². The number of H-pyrrole nitrogens is 1. The Kier molecular flexibility index (Phi) is 6.89. The van der Waals surface area contributed by atoms with E-state index in [0.29, 0.717) is 28.4 Å². The van der Waals surface area contributed by atoms with E-state index in [1.54, 1.807) is 54.1 Å². The number of nitrogens with zero attached hydrogens (tertiary/aromatic N) is 10. The first-order valence-corrected chi connectivity index (χ1v) is 16.9. The van der Waals surface area contributed by atoms with Gasteiger partial charge in [-0.3, -0.25) is 9.36 Å². The molecule has 0 atom stereocenters. The van der Waals surface area contributed by atoms with Crippen LogP contribution in [0.4, 0.5) is 0 Å². The minimum absolute atomic E-state index is 0.0152. The normalized spacial score (nSPS) is 18.5. The minimum Gasteiger partial charge on any atom is -0.346 e. The van der Waals surface area contributed by atoms with Crippen LogP contribution in [-0.4, -0.2) is 97.6 Å². The summed E-state index contributed by atoms with van der Waals surface area (Å²) in [5, 5.41) is 28.9. The lowest BCUT2D eigenvalue weighted by Crippen LogP contribution is -2.64. The summed E-state index contributed by atoms with van der Waals surface area (Å²) >= 11 is 0. The Morgan fingerprint density at radius 1 is 0.907 bits per heavy atom. The summed E-state index contributed by atoms with van der Waals surface area (Å²) in [4.78, 5) is 12.6. The van der Waals surface area contributed by atoms with Gasteiger partial charge in [-0.1, -0.05) is 0 Å². The van der Waals surface area contributed by atoms with Crippen LogP contribution in [0.15, 0.2) is 36.9 Å². The molecular weight excluding hydrogens is 594 g/mol. The Labute approximate surface area is 248 Å². The molecule has 0 radical (unpaired) electrons. The van der Waals surface area contributed by atoms with Gasteiger partial charge in [0.2, 0.25) is 20.0 Å². The summed E-state index contributed by atoms with van der Waals surface area (Å²) < 4.78 is 55.4. The number of aromatic nitrogens is 7. The molecule has 224 valence electrons. The molecule has 2 aliphatic heterocycles. The monoisotopic (exact) mass is 623 g/mol. The molecule has 2 fully saturated rings. The van der Waals surface area contributed by atoms with Gasteiger partial charge in [-0.05, 0) is 26.0 Å². The number of nitrogens with one attached hydrogen (secondary N) is 1.